The molecule has 8 heteroatoms. The van der Waals surface area contributed by atoms with Gasteiger partial charge in [0.05, 0.1) is 6.54 Å². The van der Waals surface area contributed by atoms with Crippen molar-refractivity contribution in [2.24, 2.45) is 0 Å². The minimum absolute atomic E-state index is 0.148. The average Bonchev–Trinajstić information content (AvgIpc) is 3.12. The number of nitrogens with zero attached hydrogens (tertiary/aromatic N) is 2. The molecule has 2 N–H and O–H groups in total. The summed E-state index contributed by atoms with van der Waals surface area (Å²) in [6.07, 6.45) is 0.543. The van der Waals surface area contributed by atoms with Crippen LogP contribution >= 0.6 is 11.6 Å². The first-order chi connectivity index (χ1) is 11.5. The first-order valence-electron chi connectivity index (χ1n) is 7.56. The third kappa shape index (κ3) is 3.68. The molecule has 0 aliphatic carbocycles. The molecule has 2 aromatic rings. The fourth-order valence-corrected chi connectivity index (χ4v) is 2.78. The van der Waals surface area contributed by atoms with Crippen LogP contribution in [0.2, 0.25) is 5.02 Å². The predicted molar refractivity (Wildman–Crippen MR) is 88.8 cm³/mol. The lowest BCUT2D eigenvalue weighted by Crippen LogP contribution is -2.46. The number of nitrogens with one attached hydrogen (secondary N) is 2. The van der Waals surface area contributed by atoms with Gasteiger partial charge in [-0.25, -0.2) is 4.79 Å². The lowest BCUT2D eigenvalue weighted by atomic mass is 10.2. The van der Waals surface area contributed by atoms with Crippen molar-refractivity contribution in [1.82, 2.24) is 15.8 Å². The molecule has 1 aliphatic heterocycles. The van der Waals surface area contributed by atoms with Crippen molar-refractivity contribution < 1.29 is 14.1 Å². The van der Waals surface area contributed by atoms with Crippen LogP contribution in [0.4, 0.5) is 10.5 Å². The maximum absolute atomic E-state index is 12.4. The molecule has 0 unspecified atom stereocenters. The number of hydrogen-bond donors (Lipinski definition) is 2. The molecule has 1 aliphatic rings. The number of urea groups is 1. The van der Waals surface area contributed by atoms with Gasteiger partial charge in [-0.2, -0.15) is 0 Å². The monoisotopic (exact) mass is 348 g/mol. The molecule has 1 atom stereocenters. The molecule has 24 heavy (non-hydrogen) atoms. The lowest BCUT2D eigenvalue weighted by molar-refractivity contribution is -0.118. The van der Waals surface area contributed by atoms with E-state index in [1.54, 1.807) is 36.1 Å². The maximum atomic E-state index is 12.4. The molecule has 7 nitrogen and oxygen atoms in total. The van der Waals surface area contributed by atoms with Crippen molar-refractivity contribution >= 4 is 29.2 Å². The highest BCUT2D eigenvalue weighted by atomic mass is 35.5. The van der Waals surface area contributed by atoms with E-state index in [-0.39, 0.29) is 12.5 Å². The number of halogens is 1. The number of amides is 3. The van der Waals surface area contributed by atoms with E-state index in [1.165, 1.54) is 0 Å². The van der Waals surface area contributed by atoms with Gasteiger partial charge >= 0.3 is 6.03 Å². The average molecular weight is 349 g/mol. The van der Waals surface area contributed by atoms with Crippen molar-refractivity contribution in [2.45, 2.75) is 25.9 Å². The summed E-state index contributed by atoms with van der Waals surface area (Å²) < 4.78 is 4.93. The molecule has 1 fully saturated rings. The van der Waals surface area contributed by atoms with Crippen LogP contribution in [0.1, 0.15) is 17.9 Å². The number of anilines is 1. The topological polar surface area (TPSA) is 87.5 Å². The van der Waals surface area contributed by atoms with E-state index in [9.17, 15) is 9.59 Å². The molecule has 0 bridgehead atoms. The highest BCUT2D eigenvalue weighted by molar-refractivity contribution is 6.31. The second-order valence-electron chi connectivity index (χ2n) is 5.57. The first kappa shape index (κ1) is 16.3. The standard InChI is InChI=1S/C16H17ClN4O3/c1-10-7-12(20-24-10)9-18-16(23)19-14-5-6-21(15(14)22)13-4-2-3-11(17)8-13/h2-4,7-8,14H,5-6,9H2,1H3,(H2,18,19,23)/t14-/m0/s1. The molecule has 0 saturated carbocycles. The second-order valence-corrected chi connectivity index (χ2v) is 6.00. The summed E-state index contributed by atoms with van der Waals surface area (Å²) in [5.74, 6) is 0.528. The molecule has 3 rings (SSSR count). The zero-order valence-corrected chi connectivity index (χ0v) is 13.8. The number of carbonyl (C=O) groups is 2. The minimum Gasteiger partial charge on any atom is -0.361 e. The summed E-state index contributed by atoms with van der Waals surface area (Å²) >= 11 is 5.96. The zero-order chi connectivity index (χ0) is 17.1. The van der Waals surface area contributed by atoms with Gasteiger partial charge in [-0.3, -0.25) is 4.79 Å². The Hall–Kier alpha value is -2.54. The first-order valence-corrected chi connectivity index (χ1v) is 7.94. The quantitative estimate of drug-likeness (QED) is 0.887. The number of benzene rings is 1. The highest BCUT2D eigenvalue weighted by Crippen LogP contribution is 2.24. The number of aromatic nitrogens is 1. The summed E-state index contributed by atoms with van der Waals surface area (Å²) in [7, 11) is 0. The van der Waals surface area contributed by atoms with Crippen LogP contribution in [-0.2, 0) is 11.3 Å². The Balaban J connectivity index is 1.54. The van der Waals surface area contributed by atoms with Gasteiger partial charge in [-0.15, -0.1) is 0 Å². The SMILES string of the molecule is Cc1cc(CNC(=O)N[C@H]2CCN(c3cccc(Cl)c3)C2=O)no1. The van der Waals surface area contributed by atoms with Crippen LogP contribution in [0, 0.1) is 6.92 Å². The van der Waals surface area contributed by atoms with Crippen LogP contribution in [0.3, 0.4) is 0 Å². The summed E-state index contributed by atoms with van der Waals surface area (Å²) in [6.45, 7) is 2.55. The molecular weight excluding hydrogens is 332 g/mol. The van der Waals surface area contributed by atoms with E-state index in [1.807, 2.05) is 6.07 Å². The van der Waals surface area contributed by atoms with Crippen molar-refractivity contribution in [3.05, 3.63) is 46.8 Å². The molecule has 2 heterocycles. The van der Waals surface area contributed by atoms with Gasteiger partial charge in [0.15, 0.2) is 0 Å². The Morgan fingerprint density at radius 1 is 1.46 bits per heavy atom. The second kappa shape index (κ2) is 6.92. The molecule has 0 radical (unpaired) electrons. The van der Waals surface area contributed by atoms with Crippen molar-refractivity contribution in [2.75, 3.05) is 11.4 Å². The fourth-order valence-electron chi connectivity index (χ4n) is 2.60. The molecule has 1 saturated heterocycles. The Labute approximate surface area is 143 Å². The molecule has 126 valence electrons. The fraction of sp³-hybridized carbons (Fsp3) is 0.312. The van der Waals surface area contributed by atoms with Gasteiger partial charge in [-0.1, -0.05) is 22.8 Å². The number of rotatable bonds is 4. The van der Waals surface area contributed by atoms with E-state index in [0.29, 0.717) is 29.4 Å². The maximum Gasteiger partial charge on any atom is 0.315 e. The van der Waals surface area contributed by atoms with Crippen LogP contribution in [0.15, 0.2) is 34.9 Å². The number of aryl methyl sites for hydroxylation is 1. The molecule has 0 spiro atoms. The van der Waals surface area contributed by atoms with Crippen LogP contribution in [-0.4, -0.2) is 29.7 Å². The van der Waals surface area contributed by atoms with E-state index in [2.05, 4.69) is 15.8 Å². The summed E-state index contributed by atoms with van der Waals surface area (Å²) in [5.41, 5.74) is 1.36. The summed E-state index contributed by atoms with van der Waals surface area (Å²) in [6, 6.07) is 7.86. The van der Waals surface area contributed by atoms with E-state index >= 15 is 0 Å². The van der Waals surface area contributed by atoms with Crippen molar-refractivity contribution in [3.63, 3.8) is 0 Å². The Morgan fingerprint density at radius 2 is 2.29 bits per heavy atom. The molecule has 1 aromatic heterocycles. The van der Waals surface area contributed by atoms with Gasteiger partial charge in [-0.05, 0) is 31.5 Å². The van der Waals surface area contributed by atoms with E-state index in [0.717, 1.165) is 5.69 Å². The summed E-state index contributed by atoms with van der Waals surface area (Å²) in [4.78, 5) is 26.0. The normalized spacial score (nSPS) is 17.2. The Bertz CT molecular complexity index is 761. The van der Waals surface area contributed by atoms with Gasteiger partial charge < -0.3 is 20.1 Å². The molecule has 1 aromatic carbocycles. The van der Waals surface area contributed by atoms with E-state index < -0.39 is 12.1 Å². The molecular formula is C16H17ClN4O3. The predicted octanol–water partition coefficient (Wildman–Crippen LogP) is 2.24. The van der Waals surface area contributed by atoms with Gasteiger partial charge in [0.25, 0.3) is 0 Å². The van der Waals surface area contributed by atoms with Crippen LogP contribution in [0.5, 0.6) is 0 Å². The van der Waals surface area contributed by atoms with Crippen LogP contribution in [0.25, 0.3) is 0 Å². The van der Waals surface area contributed by atoms with Crippen molar-refractivity contribution in [3.8, 4) is 0 Å². The summed E-state index contributed by atoms with van der Waals surface area (Å²) in [5, 5.41) is 9.70. The largest absolute Gasteiger partial charge is 0.361 e. The Morgan fingerprint density at radius 3 is 3.00 bits per heavy atom. The van der Waals surface area contributed by atoms with Gasteiger partial charge in [0, 0.05) is 23.3 Å². The van der Waals surface area contributed by atoms with Crippen molar-refractivity contribution in [1.29, 1.82) is 0 Å². The third-order valence-electron chi connectivity index (χ3n) is 3.74. The number of carbonyl (C=O) groups excluding carboxylic acids is 2. The highest BCUT2D eigenvalue weighted by Gasteiger charge is 2.33. The van der Waals surface area contributed by atoms with Gasteiger partial charge in [0.1, 0.15) is 17.5 Å². The smallest absolute Gasteiger partial charge is 0.315 e. The molecule has 3 amide bonds. The lowest BCUT2D eigenvalue weighted by Gasteiger charge is -2.17. The van der Waals surface area contributed by atoms with E-state index in [4.69, 9.17) is 16.1 Å². The number of hydrogen-bond acceptors (Lipinski definition) is 4. The zero-order valence-electron chi connectivity index (χ0n) is 13.1. The van der Waals surface area contributed by atoms with Gasteiger partial charge in [0.2, 0.25) is 5.91 Å². The Kier molecular flexibility index (Phi) is 4.71. The minimum atomic E-state index is -0.553. The van der Waals surface area contributed by atoms with Crippen LogP contribution < -0.4 is 15.5 Å². The third-order valence-corrected chi connectivity index (χ3v) is 3.97.